The molecule has 7 nitrogen and oxygen atoms in total. The summed E-state index contributed by atoms with van der Waals surface area (Å²) in [5.41, 5.74) is 1.13. The Hall–Kier alpha value is -2.39. The molecule has 1 N–H and O–H groups in total. The number of hydrogen-bond donors (Lipinski definition) is 1. The average Bonchev–Trinajstić information content (AvgIpc) is 2.95. The molecule has 9 heteroatoms. The first-order valence-corrected chi connectivity index (χ1v) is 8.84. The van der Waals surface area contributed by atoms with Crippen molar-refractivity contribution in [3.63, 3.8) is 0 Å². The van der Waals surface area contributed by atoms with E-state index in [-0.39, 0.29) is 9.47 Å². The molecule has 0 radical (unpaired) electrons. The molecule has 0 spiro atoms. The third-order valence-electron chi connectivity index (χ3n) is 2.84. The number of nitrogens with zero attached hydrogens (tertiary/aromatic N) is 3. The molecule has 22 heavy (non-hydrogen) atoms. The first-order chi connectivity index (χ1) is 10.4. The molecule has 1 amide bonds. The Balaban J connectivity index is 1.92. The molecule has 3 rings (SSSR count). The van der Waals surface area contributed by atoms with Crippen LogP contribution in [0.1, 0.15) is 10.4 Å². The van der Waals surface area contributed by atoms with Gasteiger partial charge in [0.15, 0.2) is 0 Å². The van der Waals surface area contributed by atoms with Crippen LogP contribution in [-0.2, 0) is 9.84 Å². The van der Waals surface area contributed by atoms with Crippen LogP contribution in [0.25, 0.3) is 10.9 Å². The van der Waals surface area contributed by atoms with Gasteiger partial charge in [-0.2, -0.15) is 0 Å². The summed E-state index contributed by atoms with van der Waals surface area (Å²) < 4.78 is 22.6. The fourth-order valence-corrected chi connectivity index (χ4v) is 3.37. The molecule has 0 aliphatic carbocycles. The second-order valence-corrected chi connectivity index (χ2v) is 7.64. The van der Waals surface area contributed by atoms with Crippen molar-refractivity contribution in [2.24, 2.45) is 0 Å². The van der Waals surface area contributed by atoms with E-state index in [0.29, 0.717) is 16.5 Å². The Labute approximate surface area is 130 Å². The number of fused-ring (bicyclic) bond motifs is 1. The van der Waals surface area contributed by atoms with Crippen molar-refractivity contribution in [3.8, 4) is 0 Å². The Bertz CT molecular complexity index is 961. The fraction of sp³-hybridized carbons (Fsp3) is 0.0769. The molecule has 0 fully saturated rings. The summed E-state index contributed by atoms with van der Waals surface area (Å²) >= 11 is 0.810. The minimum Gasteiger partial charge on any atom is -0.296 e. The number of benzene rings is 1. The third-order valence-corrected chi connectivity index (χ3v) is 5.35. The number of anilines is 1. The van der Waals surface area contributed by atoms with Gasteiger partial charge in [-0.05, 0) is 12.1 Å². The lowest BCUT2D eigenvalue weighted by Crippen LogP contribution is -2.12. The summed E-state index contributed by atoms with van der Waals surface area (Å²) in [5.74, 6) is -0.394. The molecule has 0 aliphatic rings. The molecular formula is C13H10N4O3S2. The molecule has 2 aromatic heterocycles. The smallest absolute Gasteiger partial charge is 0.258 e. The lowest BCUT2D eigenvalue weighted by atomic mass is 10.1. The molecule has 0 saturated heterocycles. The summed E-state index contributed by atoms with van der Waals surface area (Å²) in [5, 5.41) is 10.6. The monoisotopic (exact) mass is 334 g/mol. The van der Waals surface area contributed by atoms with Gasteiger partial charge in [0.25, 0.3) is 5.91 Å². The number of carbonyl (C=O) groups is 1. The highest BCUT2D eigenvalue weighted by atomic mass is 32.2. The lowest BCUT2D eigenvalue weighted by Gasteiger charge is -2.04. The highest BCUT2D eigenvalue weighted by molar-refractivity contribution is 7.92. The van der Waals surface area contributed by atoms with Gasteiger partial charge in [0, 0.05) is 17.8 Å². The van der Waals surface area contributed by atoms with E-state index in [4.69, 9.17) is 0 Å². The Kier molecular flexibility index (Phi) is 3.59. The number of amides is 1. The standard InChI is InChI=1S/C13H10N4O3S2/c1-22(19,20)13-17-16-12(21-13)15-11(18)9-6-7-14-10-5-3-2-4-8(9)10/h2-7H,1H3,(H,15,16,18). The van der Waals surface area contributed by atoms with E-state index in [9.17, 15) is 13.2 Å². The summed E-state index contributed by atoms with van der Waals surface area (Å²) in [6, 6.07) is 8.84. The number of hydrogen-bond acceptors (Lipinski definition) is 7. The third kappa shape index (κ3) is 2.81. The molecule has 2 heterocycles. The van der Waals surface area contributed by atoms with Crippen molar-refractivity contribution in [2.75, 3.05) is 11.6 Å². The minimum atomic E-state index is -3.43. The van der Waals surface area contributed by atoms with E-state index < -0.39 is 15.7 Å². The number of nitrogens with one attached hydrogen (secondary N) is 1. The van der Waals surface area contributed by atoms with Gasteiger partial charge in [0.05, 0.1) is 11.1 Å². The van der Waals surface area contributed by atoms with Crippen LogP contribution in [0.2, 0.25) is 0 Å². The topological polar surface area (TPSA) is 102 Å². The van der Waals surface area contributed by atoms with Crippen LogP contribution in [0.15, 0.2) is 40.9 Å². The van der Waals surface area contributed by atoms with Crippen LogP contribution in [0.3, 0.4) is 0 Å². The van der Waals surface area contributed by atoms with Crippen LogP contribution in [0.4, 0.5) is 5.13 Å². The largest absolute Gasteiger partial charge is 0.296 e. The first kappa shape index (κ1) is 14.5. The van der Waals surface area contributed by atoms with E-state index >= 15 is 0 Å². The van der Waals surface area contributed by atoms with Crippen molar-refractivity contribution in [2.45, 2.75) is 4.34 Å². The maximum Gasteiger partial charge on any atom is 0.258 e. The Morgan fingerprint density at radius 1 is 1.18 bits per heavy atom. The van der Waals surface area contributed by atoms with E-state index in [2.05, 4.69) is 20.5 Å². The van der Waals surface area contributed by atoms with E-state index in [1.54, 1.807) is 24.4 Å². The van der Waals surface area contributed by atoms with Gasteiger partial charge in [-0.1, -0.05) is 29.5 Å². The fourth-order valence-electron chi connectivity index (χ4n) is 1.87. The Morgan fingerprint density at radius 3 is 2.68 bits per heavy atom. The van der Waals surface area contributed by atoms with Gasteiger partial charge >= 0.3 is 0 Å². The second kappa shape index (κ2) is 5.43. The average molecular weight is 334 g/mol. The van der Waals surface area contributed by atoms with Gasteiger partial charge in [-0.3, -0.25) is 15.1 Å². The molecular weight excluding hydrogens is 324 g/mol. The Morgan fingerprint density at radius 2 is 1.95 bits per heavy atom. The normalized spacial score (nSPS) is 11.5. The number of aromatic nitrogens is 3. The zero-order valence-electron chi connectivity index (χ0n) is 11.3. The highest BCUT2D eigenvalue weighted by Gasteiger charge is 2.17. The second-order valence-electron chi connectivity index (χ2n) is 4.48. The molecule has 112 valence electrons. The van der Waals surface area contributed by atoms with E-state index in [0.717, 1.165) is 17.6 Å². The van der Waals surface area contributed by atoms with Crippen LogP contribution >= 0.6 is 11.3 Å². The van der Waals surface area contributed by atoms with Crippen LogP contribution in [-0.4, -0.2) is 35.8 Å². The molecule has 0 aliphatic heterocycles. The zero-order valence-corrected chi connectivity index (χ0v) is 13.0. The van der Waals surface area contributed by atoms with Crippen LogP contribution < -0.4 is 5.32 Å². The summed E-state index contributed by atoms with van der Waals surface area (Å²) in [4.78, 5) is 16.5. The van der Waals surface area contributed by atoms with Gasteiger partial charge < -0.3 is 0 Å². The minimum absolute atomic E-state index is 0.131. The van der Waals surface area contributed by atoms with E-state index in [1.165, 1.54) is 0 Å². The maximum absolute atomic E-state index is 12.3. The summed E-state index contributed by atoms with van der Waals surface area (Å²) in [6.45, 7) is 0. The lowest BCUT2D eigenvalue weighted by molar-refractivity contribution is 0.102. The summed E-state index contributed by atoms with van der Waals surface area (Å²) in [6.07, 6.45) is 2.58. The predicted octanol–water partition coefficient (Wildman–Crippen LogP) is 1.74. The van der Waals surface area contributed by atoms with Crippen molar-refractivity contribution in [1.82, 2.24) is 15.2 Å². The van der Waals surface area contributed by atoms with Gasteiger partial charge in [0.1, 0.15) is 0 Å². The van der Waals surface area contributed by atoms with Crippen molar-refractivity contribution in [1.29, 1.82) is 0 Å². The van der Waals surface area contributed by atoms with Crippen molar-refractivity contribution >= 4 is 43.1 Å². The molecule has 0 unspecified atom stereocenters. The summed E-state index contributed by atoms with van der Waals surface area (Å²) in [7, 11) is -3.43. The van der Waals surface area contributed by atoms with Crippen LogP contribution in [0.5, 0.6) is 0 Å². The number of para-hydroxylation sites is 1. The molecule has 0 saturated carbocycles. The van der Waals surface area contributed by atoms with Crippen molar-refractivity contribution < 1.29 is 13.2 Å². The highest BCUT2D eigenvalue weighted by Crippen LogP contribution is 2.22. The van der Waals surface area contributed by atoms with Gasteiger partial charge in [0.2, 0.25) is 19.3 Å². The molecule has 0 bridgehead atoms. The quantitative estimate of drug-likeness (QED) is 0.732. The van der Waals surface area contributed by atoms with Gasteiger partial charge in [-0.25, -0.2) is 8.42 Å². The zero-order chi connectivity index (χ0) is 15.7. The SMILES string of the molecule is CS(=O)(=O)c1nnc(NC(=O)c2ccnc3ccccc23)s1. The van der Waals surface area contributed by atoms with Crippen LogP contribution in [0, 0.1) is 0 Å². The number of rotatable bonds is 3. The molecule has 0 atom stereocenters. The number of sulfone groups is 1. The van der Waals surface area contributed by atoms with E-state index in [1.807, 2.05) is 12.1 Å². The van der Waals surface area contributed by atoms with Gasteiger partial charge in [-0.15, -0.1) is 10.2 Å². The van der Waals surface area contributed by atoms with Crippen molar-refractivity contribution in [3.05, 3.63) is 42.1 Å². The predicted molar refractivity (Wildman–Crippen MR) is 82.7 cm³/mol. The number of pyridine rings is 1. The number of carbonyl (C=O) groups excluding carboxylic acids is 1. The first-order valence-electron chi connectivity index (χ1n) is 6.14. The molecule has 3 aromatic rings. The maximum atomic E-state index is 12.3. The molecule has 1 aromatic carbocycles.